The van der Waals surface area contributed by atoms with E-state index in [0.29, 0.717) is 22.8 Å². The fourth-order valence-corrected chi connectivity index (χ4v) is 3.01. The number of halogens is 2. The fraction of sp³-hybridized carbons (Fsp3) is 0.571. The Bertz CT molecular complexity index is 391. The summed E-state index contributed by atoms with van der Waals surface area (Å²) in [6, 6.07) is 5.72. The topological polar surface area (TPSA) is 15.3 Å². The quantitative estimate of drug-likeness (QED) is 0.905. The van der Waals surface area contributed by atoms with Gasteiger partial charge in [0.25, 0.3) is 0 Å². The molecule has 2 nitrogen and oxygen atoms in total. The lowest BCUT2D eigenvalue weighted by Crippen LogP contribution is -2.47. The monoisotopic (exact) mass is 270 g/mol. The molecular formula is C14H20ClFN2. The standard InChI is InChI=1S/C14H20ClFN2/c1-3-17-11-7-8-18(10(2)9-11)14-12(15)5-4-6-13(14)16/h4-6,10-11,17H,3,7-9H2,1-2H3. The Morgan fingerprint density at radius 3 is 2.89 bits per heavy atom. The van der Waals surface area contributed by atoms with Crippen molar-refractivity contribution in [3.63, 3.8) is 0 Å². The van der Waals surface area contributed by atoms with Gasteiger partial charge in [0, 0.05) is 18.6 Å². The number of rotatable bonds is 3. The molecule has 0 spiro atoms. The third kappa shape index (κ3) is 2.78. The fourth-order valence-electron chi connectivity index (χ4n) is 2.74. The van der Waals surface area contributed by atoms with Crippen LogP contribution in [0.5, 0.6) is 0 Å². The lowest BCUT2D eigenvalue weighted by atomic mass is 9.97. The van der Waals surface area contributed by atoms with Crippen LogP contribution in [0, 0.1) is 5.82 Å². The minimum atomic E-state index is -0.226. The largest absolute Gasteiger partial charge is 0.365 e. The molecule has 4 heteroatoms. The molecule has 1 aromatic rings. The SMILES string of the molecule is CCNC1CCN(c2c(F)cccc2Cl)C(C)C1. The predicted octanol–water partition coefficient (Wildman–Crippen LogP) is 3.45. The van der Waals surface area contributed by atoms with Crippen molar-refractivity contribution in [2.75, 3.05) is 18.0 Å². The second kappa shape index (κ2) is 5.89. The van der Waals surface area contributed by atoms with Gasteiger partial charge < -0.3 is 10.2 Å². The van der Waals surface area contributed by atoms with Crippen LogP contribution < -0.4 is 10.2 Å². The van der Waals surface area contributed by atoms with Crippen molar-refractivity contribution in [1.29, 1.82) is 0 Å². The molecule has 1 saturated heterocycles. The van der Waals surface area contributed by atoms with Crippen molar-refractivity contribution < 1.29 is 4.39 Å². The van der Waals surface area contributed by atoms with Gasteiger partial charge in [0.15, 0.2) is 0 Å². The summed E-state index contributed by atoms with van der Waals surface area (Å²) in [5.41, 5.74) is 0.557. The van der Waals surface area contributed by atoms with Gasteiger partial charge in [0.2, 0.25) is 0 Å². The Hall–Kier alpha value is -0.800. The Kier molecular flexibility index (Phi) is 4.46. The lowest BCUT2D eigenvalue weighted by molar-refractivity contribution is 0.371. The molecule has 0 saturated carbocycles. The third-order valence-corrected chi connectivity index (χ3v) is 3.90. The first kappa shape index (κ1) is 13.6. The minimum absolute atomic E-state index is 0.226. The van der Waals surface area contributed by atoms with E-state index in [1.54, 1.807) is 12.1 Å². The molecule has 100 valence electrons. The maximum Gasteiger partial charge on any atom is 0.148 e. The van der Waals surface area contributed by atoms with Crippen LogP contribution >= 0.6 is 11.6 Å². The van der Waals surface area contributed by atoms with Crippen molar-refractivity contribution >= 4 is 17.3 Å². The van der Waals surface area contributed by atoms with E-state index in [1.807, 2.05) is 0 Å². The van der Waals surface area contributed by atoms with Crippen LogP contribution in [-0.2, 0) is 0 Å². The van der Waals surface area contributed by atoms with Crippen molar-refractivity contribution in [3.8, 4) is 0 Å². The molecule has 0 aliphatic carbocycles. The van der Waals surface area contributed by atoms with E-state index in [2.05, 4.69) is 24.1 Å². The minimum Gasteiger partial charge on any atom is -0.365 e. The van der Waals surface area contributed by atoms with Crippen LogP contribution in [0.2, 0.25) is 5.02 Å². The number of hydrogen-bond donors (Lipinski definition) is 1. The Morgan fingerprint density at radius 2 is 2.28 bits per heavy atom. The Labute approximate surface area is 113 Å². The van der Waals surface area contributed by atoms with Gasteiger partial charge in [-0.1, -0.05) is 24.6 Å². The summed E-state index contributed by atoms with van der Waals surface area (Å²) in [6.45, 7) is 6.08. The van der Waals surface area contributed by atoms with Crippen LogP contribution in [0.1, 0.15) is 26.7 Å². The second-order valence-corrected chi connectivity index (χ2v) is 5.30. The average Bonchev–Trinajstić information content (AvgIpc) is 2.32. The van der Waals surface area contributed by atoms with E-state index >= 15 is 0 Å². The zero-order chi connectivity index (χ0) is 13.1. The number of hydrogen-bond acceptors (Lipinski definition) is 2. The molecule has 1 aliphatic heterocycles. The zero-order valence-corrected chi connectivity index (χ0v) is 11.7. The molecule has 1 N–H and O–H groups in total. The third-order valence-electron chi connectivity index (χ3n) is 3.59. The van der Waals surface area contributed by atoms with E-state index < -0.39 is 0 Å². The number of benzene rings is 1. The molecule has 2 rings (SSSR count). The summed E-state index contributed by atoms with van der Waals surface area (Å²) >= 11 is 6.13. The van der Waals surface area contributed by atoms with Crippen LogP contribution in [0.4, 0.5) is 10.1 Å². The molecule has 1 aliphatic rings. The highest BCUT2D eigenvalue weighted by Gasteiger charge is 2.27. The van der Waals surface area contributed by atoms with Crippen molar-refractivity contribution in [2.24, 2.45) is 0 Å². The molecule has 1 heterocycles. The number of nitrogens with zero attached hydrogens (tertiary/aromatic N) is 1. The van der Waals surface area contributed by atoms with E-state index in [9.17, 15) is 4.39 Å². The van der Waals surface area contributed by atoms with E-state index in [1.165, 1.54) is 6.07 Å². The van der Waals surface area contributed by atoms with Crippen LogP contribution in [0.15, 0.2) is 18.2 Å². The van der Waals surface area contributed by atoms with Crippen LogP contribution in [0.3, 0.4) is 0 Å². The van der Waals surface area contributed by atoms with E-state index in [-0.39, 0.29) is 5.82 Å². The normalized spacial score (nSPS) is 24.3. The first-order valence-electron chi connectivity index (χ1n) is 6.57. The zero-order valence-electron chi connectivity index (χ0n) is 10.9. The summed E-state index contributed by atoms with van der Waals surface area (Å²) in [5, 5.41) is 3.97. The highest BCUT2D eigenvalue weighted by molar-refractivity contribution is 6.33. The van der Waals surface area contributed by atoms with Crippen LogP contribution in [0.25, 0.3) is 0 Å². The lowest BCUT2D eigenvalue weighted by Gasteiger charge is -2.40. The number of anilines is 1. The van der Waals surface area contributed by atoms with Gasteiger partial charge in [-0.05, 0) is 38.4 Å². The number of nitrogens with one attached hydrogen (secondary N) is 1. The maximum atomic E-state index is 13.9. The van der Waals surface area contributed by atoms with Gasteiger partial charge in [-0.2, -0.15) is 0 Å². The molecule has 1 fully saturated rings. The summed E-state index contributed by atoms with van der Waals surface area (Å²) in [7, 11) is 0. The predicted molar refractivity (Wildman–Crippen MR) is 74.9 cm³/mol. The van der Waals surface area contributed by atoms with Gasteiger partial charge in [0.05, 0.1) is 10.7 Å². The molecule has 0 amide bonds. The van der Waals surface area contributed by atoms with E-state index in [4.69, 9.17) is 11.6 Å². The molecule has 0 radical (unpaired) electrons. The molecule has 1 aromatic carbocycles. The summed E-state index contributed by atoms with van der Waals surface area (Å²) in [4.78, 5) is 2.09. The molecule has 0 aromatic heterocycles. The Morgan fingerprint density at radius 1 is 1.50 bits per heavy atom. The van der Waals surface area contributed by atoms with Crippen molar-refractivity contribution in [1.82, 2.24) is 5.32 Å². The average molecular weight is 271 g/mol. The summed E-state index contributed by atoms with van der Waals surface area (Å²) < 4.78 is 13.9. The first-order chi connectivity index (χ1) is 8.63. The first-order valence-corrected chi connectivity index (χ1v) is 6.95. The molecule has 2 unspecified atom stereocenters. The van der Waals surface area contributed by atoms with Gasteiger partial charge in [-0.25, -0.2) is 4.39 Å². The van der Waals surface area contributed by atoms with Gasteiger partial charge in [-0.15, -0.1) is 0 Å². The smallest absolute Gasteiger partial charge is 0.148 e. The van der Waals surface area contributed by atoms with Gasteiger partial charge in [0.1, 0.15) is 5.82 Å². The molecule has 18 heavy (non-hydrogen) atoms. The van der Waals surface area contributed by atoms with Crippen molar-refractivity contribution in [3.05, 3.63) is 29.0 Å². The number of piperidine rings is 1. The molecular weight excluding hydrogens is 251 g/mol. The summed E-state index contributed by atoms with van der Waals surface area (Å²) in [6.07, 6.45) is 2.06. The van der Waals surface area contributed by atoms with Gasteiger partial charge in [-0.3, -0.25) is 0 Å². The Balaban J connectivity index is 2.15. The number of para-hydroxylation sites is 1. The maximum absolute atomic E-state index is 13.9. The highest BCUT2D eigenvalue weighted by Crippen LogP contribution is 2.33. The van der Waals surface area contributed by atoms with Gasteiger partial charge >= 0.3 is 0 Å². The highest BCUT2D eigenvalue weighted by atomic mass is 35.5. The molecule has 0 bridgehead atoms. The summed E-state index contributed by atoms with van der Waals surface area (Å²) in [5.74, 6) is -0.226. The van der Waals surface area contributed by atoms with E-state index in [0.717, 1.165) is 25.9 Å². The second-order valence-electron chi connectivity index (χ2n) is 4.89. The van der Waals surface area contributed by atoms with Crippen LogP contribution in [-0.4, -0.2) is 25.2 Å². The molecule has 2 atom stereocenters. The van der Waals surface area contributed by atoms with Crippen molar-refractivity contribution in [2.45, 2.75) is 38.8 Å².